The van der Waals surface area contributed by atoms with Gasteiger partial charge in [0.25, 0.3) is 5.79 Å². The van der Waals surface area contributed by atoms with E-state index < -0.39 is 30.9 Å². The van der Waals surface area contributed by atoms with Crippen molar-refractivity contribution < 1.29 is 43.3 Å². The summed E-state index contributed by atoms with van der Waals surface area (Å²) in [5, 5.41) is 8.72. The van der Waals surface area contributed by atoms with Gasteiger partial charge in [0.2, 0.25) is 0 Å². The van der Waals surface area contributed by atoms with Crippen molar-refractivity contribution in [3.8, 4) is 5.75 Å². The lowest BCUT2D eigenvalue weighted by molar-refractivity contribution is -0.645. The molecular formula is C21H22ClO9P-2. The van der Waals surface area contributed by atoms with Crippen molar-refractivity contribution in [2.75, 3.05) is 7.11 Å². The van der Waals surface area contributed by atoms with Gasteiger partial charge in [0.05, 0.1) is 5.02 Å². The Morgan fingerprint density at radius 3 is 2.28 bits per heavy atom. The molecule has 0 radical (unpaired) electrons. The van der Waals surface area contributed by atoms with E-state index in [2.05, 4.69) is 4.52 Å². The van der Waals surface area contributed by atoms with Crippen molar-refractivity contribution in [2.45, 2.75) is 43.5 Å². The van der Waals surface area contributed by atoms with Gasteiger partial charge in [-0.3, -0.25) is 0 Å². The van der Waals surface area contributed by atoms with Crippen LogP contribution in [0.2, 0.25) is 5.02 Å². The molecular weight excluding hydrogens is 463 g/mol. The zero-order valence-corrected chi connectivity index (χ0v) is 18.8. The van der Waals surface area contributed by atoms with Gasteiger partial charge in [-0.1, -0.05) is 23.7 Å². The maximum atomic E-state index is 11.4. The molecule has 5 aliphatic rings. The number of aliphatic carboxylic acids is 1. The van der Waals surface area contributed by atoms with Crippen LogP contribution in [0.5, 0.6) is 5.75 Å². The molecule has 5 fully saturated rings. The Bertz CT molecular complexity index is 1000. The molecule has 1 aliphatic heterocycles. The van der Waals surface area contributed by atoms with Crippen molar-refractivity contribution >= 4 is 31.5 Å². The van der Waals surface area contributed by atoms with Crippen LogP contribution in [0, 0.1) is 23.7 Å². The lowest BCUT2D eigenvalue weighted by Gasteiger charge is -2.68. The van der Waals surface area contributed by atoms with Crippen LogP contribution in [-0.4, -0.2) is 23.8 Å². The van der Waals surface area contributed by atoms with Crippen molar-refractivity contribution in [2.24, 2.45) is 23.7 Å². The number of carbonyl (C=O) groups is 1. The SMILES string of the molecule is COC1(c2ccc(/C=C/C(=O)O)c(OP(=O)([O-])[O-])c2Cl)OOC12C1CC3CC(C1)CC2C3. The summed E-state index contributed by atoms with van der Waals surface area (Å²) in [6, 6.07) is 2.98. The van der Waals surface area contributed by atoms with E-state index in [4.69, 9.17) is 31.2 Å². The number of ether oxygens (including phenoxy) is 1. The minimum Gasteiger partial charge on any atom is -0.780 e. The Kier molecular flexibility index (Phi) is 5.26. The fourth-order valence-corrected chi connectivity index (χ4v) is 7.46. The van der Waals surface area contributed by atoms with E-state index in [9.17, 15) is 19.1 Å². The summed E-state index contributed by atoms with van der Waals surface area (Å²) in [6.07, 6.45) is 7.05. The van der Waals surface area contributed by atoms with Crippen molar-refractivity contribution in [1.82, 2.24) is 0 Å². The number of carboxylic acids is 1. The fraction of sp³-hybridized carbons (Fsp3) is 0.571. The molecule has 1 N–H and O–H groups in total. The zero-order valence-electron chi connectivity index (χ0n) is 17.2. The van der Waals surface area contributed by atoms with Gasteiger partial charge >= 0.3 is 5.97 Å². The molecule has 6 rings (SSSR count). The fourth-order valence-electron chi connectivity index (χ4n) is 6.65. The quantitative estimate of drug-likeness (QED) is 0.367. The van der Waals surface area contributed by atoms with E-state index in [1.54, 1.807) is 6.07 Å². The first-order chi connectivity index (χ1) is 15.1. The summed E-state index contributed by atoms with van der Waals surface area (Å²) < 4.78 is 22.0. The molecule has 4 aliphatic carbocycles. The summed E-state index contributed by atoms with van der Waals surface area (Å²) in [6.45, 7) is 0. The van der Waals surface area contributed by atoms with E-state index in [1.807, 2.05) is 0 Å². The van der Waals surface area contributed by atoms with Crippen LogP contribution in [0.25, 0.3) is 6.08 Å². The second-order valence-corrected chi connectivity index (χ2v) is 10.6. The second kappa shape index (κ2) is 7.53. The molecule has 0 aromatic heterocycles. The maximum absolute atomic E-state index is 11.4. The van der Waals surface area contributed by atoms with Gasteiger partial charge in [0, 0.05) is 24.3 Å². The van der Waals surface area contributed by atoms with Crippen LogP contribution in [0.4, 0.5) is 0 Å². The Hall–Kier alpha value is -1.45. The summed E-state index contributed by atoms with van der Waals surface area (Å²) in [4.78, 5) is 45.3. The van der Waals surface area contributed by atoms with Crippen LogP contribution in [0.1, 0.15) is 43.2 Å². The lowest BCUT2D eigenvalue weighted by Crippen LogP contribution is -2.76. The number of methoxy groups -OCH3 is 1. The largest absolute Gasteiger partial charge is 0.780 e. The summed E-state index contributed by atoms with van der Waals surface area (Å²) in [5.74, 6) is -1.48. The highest BCUT2D eigenvalue weighted by atomic mass is 35.5. The number of hydrogen-bond acceptors (Lipinski definition) is 8. The minimum atomic E-state index is -5.50. The highest BCUT2D eigenvalue weighted by Crippen LogP contribution is 2.70. The topological polar surface area (TPSA) is 137 Å². The second-order valence-electron chi connectivity index (χ2n) is 9.14. The Balaban J connectivity index is 1.63. The predicted molar refractivity (Wildman–Crippen MR) is 107 cm³/mol. The smallest absolute Gasteiger partial charge is 0.328 e. The molecule has 11 heteroatoms. The molecule has 4 bridgehead atoms. The minimum absolute atomic E-state index is 0.0127. The van der Waals surface area contributed by atoms with E-state index in [0.717, 1.165) is 37.8 Å². The third-order valence-corrected chi connectivity index (χ3v) is 8.32. The van der Waals surface area contributed by atoms with Gasteiger partial charge in [-0.15, -0.1) is 0 Å². The molecule has 9 nitrogen and oxygen atoms in total. The molecule has 32 heavy (non-hydrogen) atoms. The van der Waals surface area contributed by atoms with Crippen LogP contribution < -0.4 is 14.3 Å². The zero-order chi connectivity index (χ0) is 22.9. The van der Waals surface area contributed by atoms with Crippen molar-refractivity contribution in [3.05, 3.63) is 34.4 Å². The van der Waals surface area contributed by atoms with Crippen molar-refractivity contribution in [1.29, 1.82) is 0 Å². The molecule has 1 unspecified atom stereocenters. The summed E-state index contributed by atoms with van der Waals surface area (Å²) >= 11 is 6.59. The predicted octanol–water partition coefficient (Wildman–Crippen LogP) is 2.60. The molecule has 1 atom stereocenters. The standard InChI is InChI=1S/C21H24ClO9P/c1-28-21(20(30-31-21)14-7-11-6-12(9-14)10-15(20)8-11)16-4-2-13(3-5-17(23)24)19(18(16)22)29-32(25,26)27/h2-5,11-12,14-15H,6-10H2,1H3,(H,23,24)(H2,25,26,27)/p-2/b5-3+. The number of phosphoric ester groups is 1. The van der Waals surface area contributed by atoms with Gasteiger partial charge in [-0.2, -0.15) is 4.89 Å². The Morgan fingerprint density at radius 1 is 1.19 bits per heavy atom. The van der Waals surface area contributed by atoms with Gasteiger partial charge in [-0.05, 0) is 61.9 Å². The first-order valence-electron chi connectivity index (χ1n) is 10.5. The highest BCUT2D eigenvalue weighted by molar-refractivity contribution is 7.43. The molecule has 1 spiro atoms. The normalized spacial score (nSPS) is 37.8. The van der Waals surface area contributed by atoms with Crippen LogP contribution in [0.3, 0.4) is 0 Å². The number of hydrogen-bond donors (Lipinski definition) is 1. The van der Waals surface area contributed by atoms with Crippen LogP contribution in [-0.2, 0) is 29.7 Å². The molecule has 174 valence electrons. The van der Waals surface area contributed by atoms with E-state index in [1.165, 1.54) is 19.6 Å². The number of carboxylic acid groups (broad SMARTS) is 1. The average Bonchev–Trinajstić information content (AvgIpc) is 2.68. The Morgan fingerprint density at radius 2 is 1.81 bits per heavy atom. The van der Waals surface area contributed by atoms with E-state index in [0.29, 0.717) is 11.8 Å². The molecule has 0 amide bonds. The third-order valence-electron chi connectivity index (χ3n) is 7.54. The van der Waals surface area contributed by atoms with Crippen molar-refractivity contribution in [3.63, 3.8) is 0 Å². The first-order valence-corrected chi connectivity index (χ1v) is 12.3. The number of halogens is 1. The van der Waals surface area contributed by atoms with Crippen LogP contribution in [0.15, 0.2) is 18.2 Å². The molecule has 1 saturated heterocycles. The Labute approximate surface area is 189 Å². The highest BCUT2D eigenvalue weighted by Gasteiger charge is 2.77. The monoisotopic (exact) mass is 484 g/mol. The van der Waals surface area contributed by atoms with Gasteiger partial charge in [-0.25, -0.2) is 9.68 Å². The molecule has 1 aromatic carbocycles. The summed E-state index contributed by atoms with van der Waals surface area (Å²) in [5.41, 5.74) is -0.498. The third kappa shape index (κ3) is 3.18. The van der Waals surface area contributed by atoms with Gasteiger partial charge in [0.15, 0.2) is 11.4 Å². The van der Waals surface area contributed by atoms with Gasteiger partial charge < -0.3 is 28.7 Å². The molecule has 4 saturated carbocycles. The molecule has 1 aromatic rings. The maximum Gasteiger partial charge on any atom is 0.328 e. The number of phosphoric acid groups is 1. The summed E-state index contributed by atoms with van der Waals surface area (Å²) in [7, 11) is -4.03. The van der Waals surface area contributed by atoms with Crippen LogP contribution >= 0.6 is 19.4 Å². The van der Waals surface area contributed by atoms with E-state index >= 15 is 0 Å². The number of rotatable bonds is 6. The van der Waals surface area contributed by atoms with E-state index in [-0.39, 0.29) is 28.0 Å². The lowest BCUT2D eigenvalue weighted by atomic mass is 9.47. The first kappa shape index (κ1) is 22.3. The average molecular weight is 485 g/mol. The van der Waals surface area contributed by atoms with Gasteiger partial charge in [0.1, 0.15) is 7.82 Å². The molecule has 1 heterocycles. The number of benzene rings is 1.